The summed E-state index contributed by atoms with van der Waals surface area (Å²) in [5.74, 6) is -8.11. The maximum atomic E-state index is 15.1. The highest BCUT2D eigenvalue weighted by atomic mass is 19.3. The molecular weight excluding hydrogens is 576 g/mol. The minimum Gasteiger partial charge on any atom is -0.497 e. The molecule has 4 N–H and O–H groups in total. The van der Waals surface area contributed by atoms with Crippen LogP contribution >= 0.6 is 0 Å². The lowest BCUT2D eigenvalue weighted by Crippen LogP contribution is -2.61. The summed E-state index contributed by atoms with van der Waals surface area (Å²) in [6, 6.07) is 7.72. The summed E-state index contributed by atoms with van der Waals surface area (Å²) in [6.45, 7) is 6.52. The number of halogens is 2. The van der Waals surface area contributed by atoms with Gasteiger partial charge < -0.3 is 30.7 Å². The van der Waals surface area contributed by atoms with Crippen LogP contribution in [0.15, 0.2) is 48.7 Å². The van der Waals surface area contributed by atoms with Gasteiger partial charge in [0.1, 0.15) is 23.9 Å². The van der Waals surface area contributed by atoms with E-state index >= 15 is 8.78 Å². The molecule has 0 unspecified atom stereocenters. The number of benzene rings is 1. The van der Waals surface area contributed by atoms with E-state index in [1.54, 1.807) is 56.3 Å². The average molecular weight is 618 g/mol. The van der Waals surface area contributed by atoms with Crippen LogP contribution in [-0.4, -0.2) is 82.4 Å². The van der Waals surface area contributed by atoms with Crippen LogP contribution in [-0.2, 0) is 20.9 Å². The van der Waals surface area contributed by atoms with Crippen molar-refractivity contribution in [2.45, 2.75) is 77.2 Å². The summed E-state index contributed by atoms with van der Waals surface area (Å²) in [4.78, 5) is 57.7. The Morgan fingerprint density at radius 3 is 2.30 bits per heavy atom. The zero-order valence-corrected chi connectivity index (χ0v) is 25.6. The van der Waals surface area contributed by atoms with E-state index in [4.69, 9.17) is 4.74 Å². The minimum atomic E-state index is -4.24. The number of carbonyl (C=O) groups excluding carboxylic acids is 4. The van der Waals surface area contributed by atoms with Crippen LogP contribution in [0.25, 0.3) is 0 Å². The molecule has 0 radical (unpaired) electrons. The van der Waals surface area contributed by atoms with Crippen molar-refractivity contribution >= 4 is 23.6 Å². The predicted octanol–water partition coefficient (Wildman–Crippen LogP) is 2.29. The SMILES string of the molecule is COc1ccc(C(=O)N[C@H](C(=O)N2CCC[C@H]2C(=O)N[C@@H](C(C)C)[C@@H](O)C(F)(F)C(=O)NCc2ccccn2)C(C)C)cc1. The normalized spacial score (nSPS) is 17.1. The Hall–Kier alpha value is -4.13. The van der Waals surface area contributed by atoms with Crippen molar-refractivity contribution in [2.24, 2.45) is 11.8 Å². The van der Waals surface area contributed by atoms with Gasteiger partial charge in [-0.2, -0.15) is 8.78 Å². The molecule has 13 heteroatoms. The van der Waals surface area contributed by atoms with Crippen molar-refractivity contribution < 1.29 is 37.8 Å². The van der Waals surface area contributed by atoms with Gasteiger partial charge in [0.2, 0.25) is 11.8 Å². The van der Waals surface area contributed by atoms with Crippen LogP contribution < -0.4 is 20.7 Å². The first-order valence-electron chi connectivity index (χ1n) is 14.6. The third-order valence-electron chi connectivity index (χ3n) is 7.61. The minimum absolute atomic E-state index is 0.222. The van der Waals surface area contributed by atoms with Crippen molar-refractivity contribution in [1.82, 2.24) is 25.8 Å². The second-order valence-electron chi connectivity index (χ2n) is 11.5. The largest absolute Gasteiger partial charge is 0.497 e. The second kappa shape index (κ2) is 15.0. The number of alkyl halides is 2. The maximum Gasteiger partial charge on any atom is 0.351 e. The van der Waals surface area contributed by atoms with E-state index < -0.39 is 59.7 Å². The number of rotatable bonds is 13. The average Bonchev–Trinajstić information content (AvgIpc) is 3.51. The molecule has 3 rings (SSSR count). The predicted molar refractivity (Wildman–Crippen MR) is 158 cm³/mol. The highest BCUT2D eigenvalue weighted by Crippen LogP contribution is 2.27. The number of aliphatic hydroxyl groups is 1. The standard InChI is InChI=1S/C31H41F2N5O6/c1-18(2)24(26(39)31(32,33)30(43)35-17-21-9-6-7-15-34-21)36-28(41)23-10-8-16-38(23)29(42)25(19(3)4)37-27(40)20-11-13-22(44-5)14-12-20/h6-7,9,11-15,18-19,23-26,39H,8,10,16-17H2,1-5H3,(H,35,43)(H,36,41)(H,37,40)/t23-,24-,25-,26+/m0/s1. The smallest absolute Gasteiger partial charge is 0.351 e. The van der Waals surface area contributed by atoms with Gasteiger partial charge in [-0.05, 0) is 61.1 Å². The Morgan fingerprint density at radius 1 is 1.05 bits per heavy atom. The lowest BCUT2D eigenvalue weighted by molar-refractivity contribution is -0.169. The lowest BCUT2D eigenvalue weighted by Gasteiger charge is -2.34. The van der Waals surface area contributed by atoms with E-state index in [1.165, 1.54) is 32.1 Å². The third-order valence-corrected chi connectivity index (χ3v) is 7.61. The number of carbonyl (C=O) groups is 4. The van der Waals surface area contributed by atoms with Gasteiger partial charge in [-0.15, -0.1) is 0 Å². The molecule has 11 nitrogen and oxygen atoms in total. The van der Waals surface area contributed by atoms with Crippen LogP contribution in [0.1, 0.15) is 56.6 Å². The molecule has 4 atom stereocenters. The van der Waals surface area contributed by atoms with Crippen LogP contribution in [0, 0.1) is 11.8 Å². The summed E-state index contributed by atoms with van der Waals surface area (Å²) >= 11 is 0. The van der Waals surface area contributed by atoms with Crippen LogP contribution in [0.5, 0.6) is 5.75 Å². The molecule has 1 aromatic heterocycles. The summed E-state index contributed by atoms with van der Waals surface area (Å²) in [7, 11) is 1.50. The summed E-state index contributed by atoms with van der Waals surface area (Å²) in [6.07, 6.45) is -0.361. The molecule has 4 amide bonds. The van der Waals surface area contributed by atoms with Crippen molar-refractivity contribution in [3.63, 3.8) is 0 Å². The van der Waals surface area contributed by atoms with Gasteiger partial charge in [0, 0.05) is 18.3 Å². The van der Waals surface area contributed by atoms with Crippen LogP contribution in [0.2, 0.25) is 0 Å². The van der Waals surface area contributed by atoms with Crippen LogP contribution in [0.3, 0.4) is 0 Å². The third kappa shape index (κ3) is 8.28. The molecule has 1 aromatic carbocycles. The van der Waals surface area contributed by atoms with E-state index in [0.29, 0.717) is 23.4 Å². The van der Waals surface area contributed by atoms with Crippen molar-refractivity contribution in [3.8, 4) is 5.75 Å². The number of pyridine rings is 1. The lowest BCUT2D eigenvalue weighted by atomic mass is 9.93. The Morgan fingerprint density at radius 2 is 1.73 bits per heavy atom. The summed E-state index contributed by atoms with van der Waals surface area (Å²) < 4.78 is 35.3. The molecule has 44 heavy (non-hydrogen) atoms. The molecule has 0 spiro atoms. The molecule has 240 valence electrons. The molecule has 1 saturated heterocycles. The number of hydrogen-bond donors (Lipinski definition) is 4. The number of aliphatic hydroxyl groups excluding tert-OH is 1. The first-order chi connectivity index (χ1) is 20.8. The van der Waals surface area contributed by atoms with Gasteiger partial charge in [0.15, 0.2) is 0 Å². The van der Waals surface area contributed by atoms with Gasteiger partial charge in [-0.3, -0.25) is 24.2 Å². The fourth-order valence-corrected chi connectivity index (χ4v) is 4.98. The number of aromatic nitrogens is 1. The molecule has 1 aliphatic heterocycles. The molecule has 2 heterocycles. The van der Waals surface area contributed by atoms with E-state index in [1.807, 2.05) is 0 Å². The van der Waals surface area contributed by atoms with Crippen molar-refractivity contribution in [1.29, 1.82) is 0 Å². The van der Waals surface area contributed by atoms with E-state index in [9.17, 15) is 24.3 Å². The topological polar surface area (TPSA) is 150 Å². The zero-order chi connectivity index (χ0) is 32.6. The second-order valence-corrected chi connectivity index (χ2v) is 11.5. The molecule has 0 bridgehead atoms. The van der Waals surface area contributed by atoms with E-state index in [-0.39, 0.29) is 25.4 Å². The van der Waals surface area contributed by atoms with Gasteiger partial charge in [-0.25, -0.2) is 0 Å². The molecule has 0 saturated carbocycles. The molecule has 0 aliphatic carbocycles. The fraction of sp³-hybridized carbons (Fsp3) is 0.516. The highest BCUT2D eigenvalue weighted by molar-refractivity contribution is 5.98. The Balaban J connectivity index is 1.70. The number of ether oxygens (including phenoxy) is 1. The van der Waals surface area contributed by atoms with Gasteiger partial charge in [0.25, 0.3) is 11.8 Å². The first-order valence-corrected chi connectivity index (χ1v) is 14.6. The molecular formula is C31H41F2N5O6. The first kappa shape index (κ1) is 34.4. The maximum absolute atomic E-state index is 15.1. The molecule has 1 fully saturated rings. The number of likely N-dealkylation sites (tertiary alicyclic amines) is 1. The molecule has 1 aliphatic rings. The van der Waals surface area contributed by atoms with E-state index in [0.717, 1.165) is 0 Å². The van der Waals surface area contributed by atoms with Crippen molar-refractivity contribution in [3.05, 3.63) is 59.9 Å². The summed E-state index contributed by atoms with van der Waals surface area (Å²) in [5, 5.41) is 18.0. The Bertz CT molecular complexity index is 1290. The van der Waals surface area contributed by atoms with Gasteiger partial charge in [-0.1, -0.05) is 33.8 Å². The number of nitrogens with one attached hydrogen (secondary N) is 3. The summed E-state index contributed by atoms with van der Waals surface area (Å²) in [5.41, 5.74) is 0.671. The van der Waals surface area contributed by atoms with Gasteiger partial charge in [0.05, 0.1) is 25.4 Å². The van der Waals surface area contributed by atoms with E-state index in [2.05, 4.69) is 20.9 Å². The Kier molecular flexibility index (Phi) is 11.7. The zero-order valence-electron chi connectivity index (χ0n) is 25.6. The Labute approximate surface area is 255 Å². The van der Waals surface area contributed by atoms with Crippen molar-refractivity contribution in [2.75, 3.05) is 13.7 Å². The molecule has 2 aromatic rings. The monoisotopic (exact) mass is 617 g/mol. The fourth-order valence-electron chi connectivity index (χ4n) is 4.98. The number of methoxy groups -OCH3 is 1. The number of nitrogens with zero attached hydrogens (tertiary/aromatic N) is 2. The van der Waals surface area contributed by atoms with Crippen LogP contribution in [0.4, 0.5) is 8.78 Å². The highest BCUT2D eigenvalue weighted by Gasteiger charge is 2.51. The van der Waals surface area contributed by atoms with Gasteiger partial charge >= 0.3 is 5.92 Å². The number of amides is 4. The number of hydrogen-bond acceptors (Lipinski definition) is 7. The quantitative estimate of drug-likeness (QED) is 0.269.